The number of nitrogens with zero attached hydrogens (tertiary/aromatic N) is 3. The minimum Gasteiger partial charge on any atom is -0.310 e. The fourth-order valence-electron chi connectivity index (χ4n) is 9.00. The molecule has 0 saturated carbocycles. The Morgan fingerprint density at radius 3 is 1.43 bits per heavy atom. The van der Waals surface area contributed by atoms with Crippen molar-refractivity contribution in [3.05, 3.63) is 261 Å². The van der Waals surface area contributed by atoms with Gasteiger partial charge in [0.1, 0.15) is 0 Å². The van der Waals surface area contributed by atoms with Crippen LogP contribution < -0.4 is 9.80 Å². The van der Waals surface area contributed by atoms with Gasteiger partial charge in [0.05, 0.1) is 16.7 Å². The van der Waals surface area contributed by atoms with E-state index < -0.39 is 0 Å². The first-order valence-electron chi connectivity index (χ1n) is 21.5. The van der Waals surface area contributed by atoms with Gasteiger partial charge in [-0.25, -0.2) is 0 Å². The number of benzene rings is 10. The standard InChI is InChI=1S/C60H43N3/c1-5-18-44(19-6-1)45-32-35-51(36-33-45)61(52-37-39-53(40-38-52)62(49-23-9-3-10-24-49)58-30-15-13-28-55(58)46-20-7-2-8-21-46)54-27-17-22-47(42-54)48-34-41-57-56-29-14-16-31-59(56)63(60(57)43-48)50-25-11-4-12-26-50/h1-43H. The molecule has 0 aliphatic carbocycles. The second-order valence-electron chi connectivity index (χ2n) is 15.8. The Morgan fingerprint density at radius 2 is 0.714 bits per heavy atom. The Balaban J connectivity index is 1.03. The number of para-hydroxylation sites is 4. The van der Waals surface area contributed by atoms with Gasteiger partial charge in [-0.3, -0.25) is 0 Å². The normalized spacial score (nSPS) is 11.2. The summed E-state index contributed by atoms with van der Waals surface area (Å²) in [5, 5.41) is 2.49. The van der Waals surface area contributed by atoms with Gasteiger partial charge in [0.25, 0.3) is 0 Å². The molecular formula is C60H43N3. The summed E-state index contributed by atoms with van der Waals surface area (Å²) < 4.78 is 2.39. The molecule has 11 rings (SSSR count). The van der Waals surface area contributed by atoms with Crippen molar-refractivity contribution in [2.75, 3.05) is 9.80 Å². The van der Waals surface area contributed by atoms with E-state index in [0.29, 0.717) is 0 Å². The fraction of sp³-hybridized carbons (Fsp3) is 0. The van der Waals surface area contributed by atoms with Crippen LogP contribution in [0, 0.1) is 0 Å². The predicted octanol–water partition coefficient (Wildman–Crippen LogP) is 16.7. The van der Waals surface area contributed by atoms with Crippen LogP contribution >= 0.6 is 0 Å². The van der Waals surface area contributed by atoms with Crippen molar-refractivity contribution in [3.8, 4) is 39.1 Å². The van der Waals surface area contributed by atoms with Crippen LogP contribution in [0.15, 0.2) is 261 Å². The molecule has 3 heteroatoms. The van der Waals surface area contributed by atoms with Crippen molar-refractivity contribution >= 4 is 55.9 Å². The number of hydrogen-bond donors (Lipinski definition) is 0. The second-order valence-corrected chi connectivity index (χ2v) is 15.8. The molecule has 0 fully saturated rings. The molecule has 0 unspecified atom stereocenters. The van der Waals surface area contributed by atoms with Gasteiger partial charge in [-0.2, -0.15) is 0 Å². The molecule has 0 radical (unpaired) electrons. The summed E-state index contributed by atoms with van der Waals surface area (Å²) in [7, 11) is 0. The molecular weight excluding hydrogens is 763 g/mol. The van der Waals surface area contributed by atoms with E-state index in [-0.39, 0.29) is 0 Å². The highest BCUT2D eigenvalue weighted by Gasteiger charge is 2.20. The van der Waals surface area contributed by atoms with Gasteiger partial charge in [0, 0.05) is 50.5 Å². The number of fused-ring (bicyclic) bond motifs is 3. The lowest BCUT2D eigenvalue weighted by Gasteiger charge is -2.30. The van der Waals surface area contributed by atoms with Gasteiger partial charge < -0.3 is 14.4 Å². The largest absolute Gasteiger partial charge is 0.310 e. The Labute approximate surface area is 368 Å². The number of aromatic nitrogens is 1. The van der Waals surface area contributed by atoms with E-state index in [2.05, 4.69) is 275 Å². The van der Waals surface area contributed by atoms with E-state index in [9.17, 15) is 0 Å². The molecule has 0 saturated heterocycles. The van der Waals surface area contributed by atoms with Crippen LogP contribution in [0.5, 0.6) is 0 Å². The maximum atomic E-state index is 2.39. The van der Waals surface area contributed by atoms with Crippen LogP contribution in [0.3, 0.4) is 0 Å². The summed E-state index contributed by atoms with van der Waals surface area (Å²) in [6, 6.07) is 93.7. The average Bonchev–Trinajstić information content (AvgIpc) is 3.70. The Morgan fingerprint density at radius 1 is 0.254 bits per heavy atom. The Bertz CT molecular complexity index is 3300. The van der Waals surface area contributed by atoms with Gasteiger partial charge >= 0.3 is 0 Å². The summed E-state index contributed by atoms with van der Waals surface area (Å²) >= 11 is 0. The van der Waals surface area contributed by atoms with Gasteiger partial charge in [0.15, 0.2) is 0 Å². The van der Waals surface area contributed by atoms with E-state index in [1.807, 2.05) is 0 Å². The average molecular weight is 806 g/mol. The van der Waals surface area contributed by atoms with Crippen molar-refractivity contribution in [1.82, 2.24) is 4.57 Å². The highest BCUT2D eigenvalue weighted by Crippen LogP contribution is 2.44. The molecule has 63 heavy (non-hydrogen) atoms. The van der Waals surface area contributed by atoms with Crippen LogP contribution in [0.4, 0.5) is 34.1 Å². The SMILES string of the molecule is c1ccc(-c2ccc(N(c3ccc(N(c4ccccc4)c4ccccc4-c4ccccc4)cc3)c3cccc(-c4ccc5c6ccccc6n(-c6ccccc6)c5c4)c3)cc2)cc1. The minimum absolute atomic E-state index is 1.06. The van der Waals surface area contributed by atoms with Gasteiger partial charge in [-0.1, -0.05) is 170 Å². The molecule has 1 heterocycles. The predicted molar refractivity (Wildman–Crippen MR) is 266 cm³/mol. The summed E-state index contributed by atoms with van der Waals surface area (Å²) in [5.41, 5.74) is 17.1. The zero-order valence-corrected chi connectivity index (χ0v) is 34.7. The third-order valence-corrected chi connectivity index (χ3v) is 12.0. The van der Waals surface area contributed by atoms with Crippen LogP contribution in [-0.2, 0) is 0 Å². The van der Waals surface area contributed by atoms with E-state index in [1.165, 1.54) is 44.1 Å². The van der Waals surface area contributed by atoms with Crippen molar-refractivity contribution in [2.24, 2.45) is 0 Å². The lowest BCUT2D eigenvalue weighted by Crippen LogP contribution is -2.13. The zero-order valence-electron chi connectivity index (χ0n) is 34.7. The summed E-state index contributed by atoms with van der Waals surface area (Å²) in [4.78, 5) is 4.73. The molecule has 0 N–H and O–H groups in total. The third-order valence-electron chi connectivity index (χ3n) is 12.0. The first kappa shape index (κ1) is 37.6. The molecule has 3 nitrogen and oxygen atoms in total. The zero-order chi connectivity index (χ0) is 42.0. The number of rotatable bonds is 10. The lowest BCUT2D eigenvalue weighted by atomic mass is 10.0. The maximum absolute atomic E-state index is 2.39. The third kappa shape index (κ3) is 7.22. The highest BCUT2D eigenvalue weighted by atomic mass is 15.2. The topological polar surface area (TPSA) is 11.4 Å². The molecule has 0 atom stereocenters. The highest BCUT2D eigenvalue weighted by molar-refractivity contribution is 6.10. The van der Waals surface area contributed by atoms with Crippen molar-refractivity contribution in [3.63, 3.8) is 0 Å². The molecule has 0 amide bonds. The summed E-state index contributed by atoms with van der Waals surface area (Å²) in [6.45, 7) is 0. The first-order valence-corrected chi connectivity index (χ1v) is 21.5. The molecule has 11 aromatic rings. The van der Waals surface area contributed by atoms with Crippen LogP contribution in [0.2, 0.25) is 0 Å². The van der Waals surface area contributed by atoms with Crippen LogP contribution in [0.1, 0.15) is 0 Å². The molecule has 0 aliphatic heterocycles. The summed E-state index contributed by atoms with van der Waals surface area (Å²) in [6.07, 6.45) is 0. The molecule has 0 bridgehead atoms. The van der Waals surface area contributed by atoms with Gasteiger partial charge in [0.2, 0.25) is 0 Å². The lowest BCUT2D eigenvalue weighted by molar-refractivity contribution is 1.18. The van der Waals surface area contributed by atoms with Gasteiger partial charge in [-0.05, 0) is 119 Å². The number of anilines is 6. The van der Waals surface area contributed by atoms with Gasteiger partial charge in [-0.15, -0.1) is 0 Å². The molecule has 298 valence electrons. The van der Waals surface area contributed by atoms with E-state index >= 15 is 0 Å². The van der Waals surface area contributed by atoms with E-state index in [4.69, 9.17) is 0 Å². The minimum atomic E-state index is 1.06. The van der Waals surface area contributed by atoms with Crippen molar-refractivity contribution in [2.45, 2.75) is 0 Å². The molecule has 0 aliphatic rings. The first-order chi connectivity index (χ1) is 31.3. The van der Waals surface area contributed by atoms with Crippen LogP contribution in [0.25, 0.3) is 60.9 Å². The Hall–Kier alpha value is -8.40. The maximum Gasteiger partial charge on any atom is 0.0547 e. The second kappa shape index (κ2) is 16.6. The number of hydrogen-bond acceptors (Lipinski definition) is 2. The van der Waals surface area contributed by atoms with Crippen LogP contribution in [-0.4, -0.2) is 4.57 Å². The molecule has 1 aromatic heterocycles. The molecule has 0 spiro atoms. The van der Waals surface area contributed by atoms with Crippen molar-refractivity contribution in [1.29, 1.82) is 0 Å². The fourth-order valence-corrected chi connectivity index (χ4v) is 9.00. The van der Waals surface area contributed by atoms with Crippen molar-refractivity contribution < 1.29 is 0 Å². The monoisotopic (exact) mass is 805 g/mol. The van der Waals surface area contributed by atoms with E-state index in [1.54, 1.807) is 0 Å². The summed E-state index contributed by atoms with van der Waals surface area (Å²) in [5.74, 6) is 0. The quantitative estimate of drug-likeness (QED) is 0.136. The molecule has 10 aromatic carbocycles. The smallest absolute Gasteiger partial charge is 0.0547 e. The Kier molecular flexibility index (Phi) is 9.89. The van der Waals surface area contributed by atoms with E-state index in [0.717, 1.165) is 50.9 Å².